The number of anilines is 3. The first kappa shape index (κ1) is 29.0. The molecule has 0 amide bonds. The molecule has 0 fully saturated rings. The van der Waals surface area contributed by atoms with Crippen molar-refractivity contribution in [3.63, 3.8) is 0 Å². The van der Waals surface area contributed by atoms with Gasteiger partial charge in [-0.25, -0.2) is 0 Å². The number of aryl methyl sites for hydroxylation is 1. The Balaban J connectivity index is 1.01. The first-order valence-corrected chi connectivity index (χ1v) is 17.8. The predicted molar refractivity (Wildman–Crippen MR) is 214 cm³/mol. The quantitative estimate of drug-likeness (QED) is 0.183. The van der Waals surface area contributed by atoms with Crippen LogP contribution >= 0.6 is 0 Å². The molecule has 0 N–H and O–H groups in total. The molecule has 0 spiro atoms. The number of nitrogens with zero attached hydrogens (tertiary/aromatic N) is 1. The van der Waals surface area contributed by atoms with Crippen LogP contribution in [0.4, 0.5) is 17.1 Å². The van der Waals surface area contributed by atoms with Gasteiger partial charge in [0.2, 0.25) is 0 Å². The fraction of sp³-hybridized carbons (Fsp3) is 0.0417. The first-order chi connectivity index (χ1) is 25.7. The Bertz CT molecular complexity index is 3010. The topological polar surface area (TPSA) is 42.7 Å². The minimum atomic E-state index is 0.855. The average molecular weight is 670 g/mol. The smallest absolute Gasteiger partial charge is 0.159 e. The summed E-state index contributed by atoms with van der Waals surface area (Å²) >= 11 is 0. The van der Waals surface area contributed by atoms with Gasteiger partial charge >= 0.3 is 0 Å². The maximum atomic E-state index is 6.57. The van der Waals surface area contributed by atoms with Crippen LogP contribution in [0.2, 0.25) is 0 Å². The summed E-state index contributed by atoms with van der Waals surface area (Å²) in [6.45, 7) is 0. The monoisotopic (exact) mass is 669 g/mol. The summed E-state index contributed by atoms with van der Waals surface area (Å²) in [5.41, 5.74) is 13.3. The number of fused-ring (bicyclic) bond motifs is 9. The highest BCUT2D eigenvalue weighted by molar-refractivity contribution is 6.10. The van der Waals surface area contributed by atoms with Gasteiger partial charge in [0.15, 0.2) is 5.58 Å². The van der Waals surface area contributed by atoms with Crippen LogP contribution in [-0.4, -0.2) is 0 Å². The Morgan fingerprint density at radius 3 is 1.69 bits per heavy atom. The lowest BCUT2D eigenvalue weighted by Crippen LogP contribution is -2.10. The van der Waals surface area contributed by atoms with Crippen LogP contribution in [0.5, 0.6) is 0 Å². The van der Waals surface area contributed by atoms with Gasteiger partial charge in [0, 0.05) is 43.9 Å². The van der Waals surface area contributed by atoms with Gasteiger partial charge < -0.3 is 18.2 Å². The van der Waals surface area contributed by atoms with Gasteiger partial charge in [0.05, 0.1) is 5.69 Å². The number of benzene rings is 7. The Hall–Kier alpha value is -6.78. The van der Waals surface area contributed by atoms with Gasteiger partial charge in [-0.1, -0.05) is 97.1 Å². The summed E-state index contributed by atoms with van der Waals surface area (Å²) in [4.78, 5) is 2.29. The molecule has 0 bridgehead atoms. The summed E-state index contributed by atoms with van der Waals surface area (Å²) in [7, 11) is 0. The van der Waals surface area contributed by atoms with Crippen LogP contribution in [0, 0.1) is 0 Å². The molecule has 4 heteroatoms. The summed E-state index contributed by atoms with van der Waals surface area (Å²) in [5.74, 6) is 0.991. The third kappa shape index (κ3) is 4.54. The number of hydrogen-bond donors (Lipinski definition) is 0. The van der Waals surface area contributed by atoms with Crippen molar-refractivity contribution in [1.82, 2.24) is 0 Å². The molecule has 0 saturated carbocycles. The Kier molecular flexibility index (Phi) is 6.34. The molecular formula is C48H31NO3. The third-order valence-electron chi connectivity index (χ3n) is 10.6. The largest absolute Gasteiger partial charge is 0.456 e. The summed E-state index contributed by atoms with van der Waals surface area (Å²) < 4.78 is 19.0. The molecule has 3 aromatic heterocycles. The minimum Gasteiger partial charge on any atom is -0.456 e. The van der Waals surface area contributed by atoms with Crippen molar-refractivity contribution in [1.29, 1.82) is 0 Å². The molecule has 0 radical (unpaired) electrons. The molecule has 11 rings (SSSR count). The normalized spacial score (nSPS) is 12.8. The van der Waals surface area contributed by atoms with Crippen molar-refractivity contribution in [2.45, 2.75) is 12.8 Å². The van der Waals surface area contributed by atoms with E-state index in [2.05, 4.69) is 144 Å². The van der Waals surface area contributed by atoms with Crippen LogP contribution in [-0.2, 0) is 6.42 Å². The van der Waals surface area contributed by atoms with E-state index in [1.54, 1.807) is 0 Å². The zero-order chi connectivity index (χ0) is 34.2. The summed E-state index contributed by atoms with van der Waals surface area (Å²) in [5, 5.41) is 5.68. The second-order valence-corrected chi connectivity index (χ2v) is 13.6. The van der Waals surface area contributed by atoms with Gasteiger partial charge in [0.1, 0.15) is 28.1 Å². The van der Waals surface area contributed by atoms with E-state index < -0.39 is 0 Å². The number of rotatable bonds is 5. The fourth-order valence-electron chi connectivity index (χ4n) is 8.01. The number of hydrogen-bond acceptors (Lipinski definition) is 4. The van der Waals surface area contributed by atoms with E-state index in [-0.39, 0.29) is 0 Å². The van der Waals surface area contributed by atoms with Crippen molar-refractivity contribution >= 4 is 78.0 Å². The van der Waals surface area contributed by atoms with E-state index in [0.717, 1.165) is 107 Å². The molecule has 0 unspecified atom stereocenters. The maximum absolute atomic E-state index is 6.57. The van der Waals surface area contributed by atoms with Crippen molar-refractivity contribution < 1.29 is 13.3 Å². The van der Waals surface area contributed by atoms with E-state index in [0.29, 0.717) is 0 Å². The molecule has 0 aliphatic heterocycles. The number of allylic oxidation sites excluding steroid dienone is 1. The third-order valence-corrected chi connectivity index (χ3v) is 10.6. The lowest BCUT2D eigenvalue weighted by molar-refractivity contribution is 0.595. The van der Waals surface area contributed by atoms with Gasteiger partial charge in [-0.15, -0.1) is 0 Å². The Morgan fingerprint density at radius 1 is 0.423 bits per heavy atom. The number of furan rings is 3. The first-order valence-electron chi connectivity index (χ1n) is 17.8. The lowest BCUT2D eigenvalue weighted by atomic mass is 9.98. The lowest BCUT2D eigenvalue weighted by Gasteiger charge is -2.26. The highest BCUT2D eigenvalue weighted by Crippen LogP contribution is 2.43. The molecule has 246 valence electrons. The Labute approximate surface area is 299 Å². The molecule has 1 aliphatic rings. The van der Waals surface area contributed by atoms with Crippen molar-refractivity contribution in [2.75, 3.05) is 4.90 Å². The van der Waals surface area contributed by atoms with Gasteiger partial charge in [-0.3, -0.25) is 0 Å². The van der Waals surface area contributed by atoms with E-state index in [1.165, 1.54) is 10.9 Å². The van der Waals surface area contributed by atoms with Gasteiger partial charge in [0.25, 0.3) is 0 Å². The predicted octanol–water partition coefficient (Wildman–Crippen LogP) is 14.0. The van der Waals surface area contributed by atoms with Gasteiger partial charge in [-0.05, 0) is 102 Å². The molecule has 3 heterocycles. The van der Waals surface area contributed by atoms with E-state index in [4.69, 9.17) is 13.3 Å². The van der Waals surface area contributed by atoms with Crippen LogP contribution in [0.15, 0.2) is 171 Å². The average Bonchev–Trinajstić information content (AvgIpc) is 3.89. The highest BCUT2D eigenvalue weighted by atomic mass is 16.3. The molecule has 10 aromatic rings. The molecule has 0 atom stereocenters. The van der Waals surface area contributed by atoms with E-state index in [1.807, 2.05) is 24.3 Å². The van der Waals surface area contributed by atoms with Crippen LogP contribution < -0.4 is 4.90 Å². The van der Waals surface area contributed by atoms with Crippen molar-refractivity contribution in [2.24, 2.45) is 0 Å². The maximum Gasteiger partial charge on any atom is 0.159 e. The second-order valence-electron chi connectivity index (χ2n) is 13.6. The minimum absolute atomic E-state index is 0.855. The van der Waals surface area contributed by atoms with Crippen LogP contribution in [0.3, 0.4) is 0 Å². The zero-order valence-corrected chi connectivity index (χ0v) is 28.2. The zero-order valence-electron chi connectivity index (χ0n) is 28.2. The molecule has 1 aliphatic carbocycles. The van der Waals surface area contributed by atoms with E-state index in [9.17, 15) is 0 Å². The van der Waals surface area contributed by atoms with Gasteiger partial charge in [-0.2, -0.15) is 0 Å². The van der Waals surface area contributed by atoms with Crippen molar-refractivity contribution in [3.05, 3.63) is 169 Å². The van der Waals surface area contributed by atoms with Crippen LogP contribution in [0.25, 0.3) is 83.2 Å². The highest BCUT2D eigenvalue weighted by Gasteiger charge is 2.20. The molecular weight excluding hydrogens is 639 g/mol. The fourth-order valence-corrected chi connectivity index (χ4v) is 8.01. The van der Waals surface area contributed by atoms with Crippen molar-refractivity contribution in [3.8, 4) is 22.3 Å². The summed E-state index contributed by atoms with van der Waals surface area (Å²) in [6, 6.07) is 53.5. The molecule has 4 nitrogen and oxygen atoms in total. The second kappa shape index (κ2) is 11.4. The van der Waals surface area contributed by atoms with E-state index >= 15 is 0 Å². The van der Waals surface area contributed by atoms with Crippen LogP contribution in [0.1, 0.15) is 17.7 Å². The molecule has 0 saturated heterocycles. The molecule has 52 heavy (non-hydrogen) atoms. The summed E-state index contributed by atoms with van der Waals surface area (Å²) in [6.07, 6.45) is 6.38. The standard InChI is InChI=1S/C48H31NO3/c1-4-13-43-36(8-1)39-26-20-32(28-46(39)50-43)30-16-22-34(23-17-30)49(42-12-7-11-41-38-10-3-6-15-45(38)52-48(41)42)35-24-18-31(19-25-35)33-21-27-40-37-9-2-5-14-44(37)51-47(40)29-33/h1,3-8,10-29H,2,9H2. The molecule has 7 aromatic carbocycles. The Morgan fingerprint density at radius 2 is 0.981 bits per heavy atom. The number of para-hydroxylation sites is 3. The SMILES string of the molecule is C1=Cc2oc3cc(-c4ccc(N(c5ccc(-c6ccc7c(c6)oc6ccccc67)cc5)c5cccc6c5oc5ccccc56)cc4)ccc3c2CC1.